The second-order valence-corrected chi connectivity index (χ2v) is 8.59. The molecule has 0 aromatic heterocycles. The second-order valence-electron chi connectivity index (χ2n) is 8.15. The number of nitrogens with zero attached hydrogens (tertiary/aromatic N) is 1. The summed E-state index contributed by atoms with van der Waals surface area (Å²) >= 11 is 5.97. The molecule has 0 bridgehead atoms. The van der Waals surface area contributed by atoms with Crippen LogP contribution in [-0.2, 0) is 17.8 Å². The summed E-state index contributed by atoms with van der Waals surface area (Å²) in [6, 6.07) is 13.8. The zero-order chi connectivity index (χ0) is 20.9. The third-order valence-corrected chi connectivity index (χ3v) is 6.42. The predicted octanol–water partition coefficient (Wildman–Crippen LogP) is 3.51. The number of hydrogen-bond donors (Lipinski definition) is 2. The number of likely N-dealkylation sites (tertiary alicyclic amines) is 1. The van der Waals surface area contributed by atoms with Gasteiger partial charge in [0.05, 0.1) is 6.54 Å². The van der Waals surface area contributed by atoms with E-state index in [2.05, 4.69) is 22.8 Å². The standard InChI is InChI=1S/C24H28ClN3O2/c25-22-7-5-18(6-8-22)19-9-12-28(13-10-19)23(29)16-27-24(30)20-4-3-17-2-1-11-26-15-21(17)14-20/h3-8,14,19,26H,1-2,9-13,15-16H2,(H,27,30). The molecule has 1 saturated heterocycles. The first-order valence-electron chi connectivity index (χ1n) is 10.7. The van der Waals surface area contributed by atoms with Gasteiger partial charge in [-0.05, 0) is 79.1 Å². The van der Waals surface area contributed by atoms with Crippen LogP contribution in [0.4, 0.5) is 0 Å². The molecule has 2 aromatic carbocycles. The zero-order valence-corrected chi connectivity index (χ0v) is 17.9. The van der Waals surface area contributed by atoms with Crippen molar-refractivity contribution in [1.82, 2.24) is 15.5 Å². The lowest BCUT2D eigenvalue weighted by atomic mass is 9.89. The molecule has 0 radical (unpaired) electrons. The molecule has 0 spiro atoms. The van der Waals surface area contributed by atoms with Gasteiger partial charge in [0.25, 0.3) is 5.91 Å². The Bertz CT molecular complexity index is 905. The molecule has 2 heterocycles. The molecule has 0 atom stereocenters. The lowest BCUT2D eigenvalue weighted by molar-refractivity contribution is -0.131. The average Bonchev–Trinajstić information content (AvgIpc) is 3.03. The Morgan fingerprint density at radius 2 is 1.83 bits per heavy atom. The molecule has 2 aliphatic heterocycles. The molecule has 6 heteroatoms. The molecule has 1 fully saturated rings. The van der Waals surface area contributed by atoms with Crippen LogP contribution >= 0.6 is 11.6 Å². The third-order valence-electron chi connectivity index (χ3n) is 6.17. The Morgan fingerprint density at radius 1 is 1.07 bits per heavy atom. The minimum atomic E-state index is -0.188. The molecule has 2 amide bonds. The lowest BCUT2D eigenvalue weighted by Gasteiger charge is -2.32. The number of carbonyl (C=O) groups excluding carboxylic acids is 2. The van der Waals surface area contributed by atoms with Gasteiger partial charge in [-0.15, -0.1) is 0 Å². The molecule has 0 unspecified atom stereocenters. The van der Waals surface area contributed by atoms with Gasteiger partial charge in [0.1, 0.15) is 0 Å². The number of aryl methyl sites for hydroxylation is 1. The molecule has 2 aliphatic rings. The van der Waals surface area contributed by atoms with Crippen molar-refractivity contribution in [2.45, 2.75) is 38.1 Å². The molecular formula is C24H28ClN3O2. The van der Waals surface area contributed by atoms with Crippen LogP contribution in [0.25, 0.3) is 0 Å². The second kappa shape index (κ2) is 9.63. The molecule has 0 saturated carbocycles. The van der Waals surface area contributed by atoms with Gasteiger partial charge in [0, 0.05) is 30.2 Å². The van der Waals surface area contributed by atoms with Crippen LogP contribution in [0.5, 0.6) is 0 Å². The summed E-state index contributed by atoms with van der Waals surface area (Å²) in [6.45, 7) is 3.26. The first-order valence-corrected chi connectivity index (χ1v) is 11.1. The van der Waals surface area contributed by atoms with Gasteiger partial charge in [-0.2, -0.15) is 0 Å². The Balaban J connectivity index is 1.27. The van der Waals surface area contributed by atoms with Crippen LogP contribution in [0.3, 0.4) is 0 Å². The van der Waals surface area contributed by atoms with Gasteiger partial charge in [-0.3, -0.25) is 9.59 Å². The monoisotopic (exact) mass is 425 g/mol. The van der Waals surface area contributed by atoms with Crippen molar-refractivity contribution in [1.29, 1.82) is 0 Å². The highest BCUT2D eigenvalue weighted by atomic mass is 35.5. The fourth-order valence-electron chi connectivity index (χ4n) is 4.37. The number of carbonyl (C=O) groups is 2. The Kier molecular flexibility index (Phi) is 6.70. The van der Waals surface area contributed by atoms with Gasteiger partial charge in [-0.1, -0.05) is 29.8 Å². The van der Waals surface area contributed by atoms with E-state index >= 15 is 0 Å². The molecule has 0 aliphatic carbocycles. The molecule has 5 nitrogen and oxygen atoms in total. The van der Waals surface area contributed by atoms with Crippen molar-refractivity contribution >= 4 is 23.4 Å². The third kappa shape index (κ3) is 5.02. The summed E-state index contributed by atoms with van der Waals surface area (Å²) in [5.74, 6) is 0.245. The normalized spacial score (nSPS) is 17.2. The van der Waals surface area contributed by atoms with Crippen molar-refractivity contribution in [3.8, 4) is 0 Å². The van der Waals surface area contributed by atoms with E-state index in [1.165, 1.54) is 16.7 Å². The van der Waals surface area contributed by atoms with Crippen LogP contribution < -0.4 is 10.6 Å². The average molecular weight is 426 g/mol. The fraction of sp³-hybridized carbons (Fsp3) is 0.417. The minimum Gasteiger partial charge on any atom is -0.343 e. The van der Waals surface area contributed by atoms with Crippen molar-refractivity contribution in [2.75, 3.05) is 26.2 Å². The van der Waals surface area contributed by atoms with Gasteiger partial charge >= 0.3 is 0 Å². The van der Waals surface area contributed by atoms with Crippen molar-refractivity contribution in [3.05, 3.63) is 69.7 Å². The van der Waals surface area contributed by atoms with Gasteiger partial charge in [0.2, 0.25) is 5.91 Å². The van der Waals surface area contributed by atoms with E-state index in [1.54, 1.807) is 0 Å². The van der Waals surface area contributed by atoms with Crippen molar-refractivity contribution < 1.29 is 9.59 Å². The smallest absolute Gasteiger partial charge is 0.251 e. The largest absolute Gasteiger partial charge is 0.343 e. The summed E-state index contributed by atoms with van der Waals surface area (Å²) in [5, 5.41) is 6.93. The molecule has 4 rings (SSSR count). The minimum absolute atomic E-state index is 0.0191. The molecule has 158 valence electrons. The van der Waals surface area contributed by atoms with E-state index in [9.17, 15) is 9.59 Å². The van der Waals surface area contributed by atoms with Crippen LogP contribution in [-0.4, -0.2) is 42.9 Å². The topological polar surface area (TPSA) is 61.4 Å². The highest BCUT2D eigenvalue weighted by Gasteiger charge is 2.24. The number of benzene rings is 2. The number of nitrogens with one attached hydrogen (secondary N) is 2. The number of hydrogen-bond acceptors (Lipinski definition) is 3. The molecule has 2 aromatic rings. The van der Waals surface area contributed by atoms with E-state index in [0.29, 0.717) is 24.6 Å². The Labute approximate surface area is 182 Å². The highest BCUT2D eigenvalue weighted by molar-refractivity contribution is 6.30. The van der Waals surface area contributed by atoms with Gasteiger partial charge < -0.3 is 15.5 Å². The van der Waals surface area contributed by atoms with Gasteiger partial charge in [0.15, 0.2) is 0 Å². The zero-order valence-electron chi connectivity index (χ0n) is 17.1. The summed E-state index contributed by atoms with van der Waals surface area (Å²) < 4.78 is 0. The first-order chi connectivity index (χ1) is 14.6. The Hall–Kier alpha value is -2.37. The van der Waals surface area contributed by atoms with Crippen LogP contribution in [0.2, 0.25) is 5.02 Å². The summed E-state index contributed by atoms with van der Waals surface area (Å²) in [6.07, 6.45) is 4.01. The van der Waals surface area contributed by atoms with E-state index < -0.39 is 0 Å². The van der Waals surface area contributed by atoms with E-state index in [4.69, 9.17) is 11.6 Å². The SMILES string of the molecule is O=C(NCC(=O)N1CCC(c2ccc(Cl)cc2)CC1)c1ccc2c(c1)CNCCC2. The maximum atomic E-state index is 12.6. The van der Waals surface area contributed by atoms with Crippen LogP contribution in [0.15, 0.2) is 42.5 Å². The molecule has 2 N–H and O–H groups in total. The number of fused-ring (bicyclic) bond motifs is 1. The van der Waals surface area contributed by atoms with E-state index in [-0.39, 0.29) is 18.4 Å². The fourth-order valence-corrected chi connectivity index (χ4v) is 4.50. The summed E-state index contributed by atoms with van der Waals surface area (Å²) in [5.41, 5.74) is 4.37. The van der Waals surface area contributed by atoms with Crippen LogP contribution in [0.1, 0.15) is 52.2 Å². The van der Waals surface area contributed by atoms with Crippen LogP contribution in [0, 0.1) is 0 Å². The highest BCUT2D eigenvalue weighted by Crippen LogP contribution is 2.28. The van der Waals surface area contributed by atoms with E-state index in [1.807, 2.05) is 35.2 Å². The van der Waals surface area contributed by atoms with E-state index in [0.717, 1.165) is 43.8 Å². The number of rotatable bonds is 4. The lowest BCUT2D eigenvalue weighted by Crippen LogP contribution is -2.43. The summed E-state index contributed by atoms with van der Waals surface area (Å²) in [7, 11) is 0. The van der Waals surface area contributed by atoms with Crippen molar-refractivity contribution in [2.24, 2.45) is 0 Å². The molecule has 30 heavy (non-hydrogen) atoms. The predicted molar refractivity (Wildman–Crippen MR) is 119 cm³/mol. The quantitative estimate of drug-likeness (QED) is 0.788. The maximum Gasteiger partial charge on any atom is 0.251 e. The maximum absolute atomic E-state index is 12.6. The number of halogens is 1. The first kappa shape index (κ1) is 20.9. The number of piperidine rings is 1. The summed E-state index contributed by atoms with van der Waals surface area (Å²) in [4.78, 5) is 27.0. The number of amides is 2. The van der Waals surface area contributed by atoms with Crippen molar-refractivity contribution in [3.63, 3.8) is 0 Å². The molecular weight excluding hydrogens is 398 g/mol. The Morgan fingerprint density at radius 3 is 2.60 bits per heavy atom. The van der Waals surface area contributed by atoms with Gasteiger partial charge in [-0.25, -0.2) is 0 Å².